The van der Waals surface area contributed by atoms with Gasteiger partial charge in [0, 0.05) is 24.5 Å². The van der Waals surface area contributed by atoms with E-state index in [2.05, 4.69) is 85.7 Å². The molecule has 0 fully saturated rings. The lowest BCUT2D eigenvalue weighted by Crippen LogP contribution is -2.21. The summed E-state index contributed by atoms with van der Waals surface area (Å²) in [5.41, 5.74) is 5.12. The Morgan fingerprint density at radius 2 is 1.78 bits per heavy atom. The van der Waals surface area contributed by atoms with Crippen LogP contribution in [0.1, 0.15) is 44.4 Å². The summed E-state index contributed by atoms with van der Waals surface area (Å²) >= 11 is 0. The molecule has 0 bridgehead atoms. The fraction of sp³-hybridized carbons (Fsp3) is 0.286. The minimum Gasteiger partial charge on any atom is -0.378 e. The molecular weight excluding hydrogens is 280 g/mol. The third-order valence-corrected chi connectivity index (χ3v) is 3.59. The van der Waals surface area contributed by atoms with E-state index in [0.717, 1.165) is 12.8 Å². The third kappa shape index (κ3) is 5.74. The molecule has 1 N–H and O–H groups in total. The van der Waals surface area contributed by atoms with Gasteiger partial charge in [0.05, 0.1) is 6.04 Å². The summed E-state index contributed by atoms with van der Waals surface area (Å²) in [5.74, 6) is 0. The number of nitrogens with one attached hydrogen (secondary N) is 1. The van der Waals surface area contributed by atoms with Crippen molar-refractivity contribution in [3.05, 3.63) is 89.4 Å². The maximum atomic E-state index is 4.13. The smallest absolute Gasteiger partial charge is 0.0698 e. The largest absolute Gasteiger partial charge is 0.378 e. The van der Waals surface area contributed by atoms with Crippen LogP contribution < -0.4 is 5.32 Å². The number of pyridine rings is 1. The predicted molar refractivity (Wildman–Crippen MR) is 98.1 cm³/mol. The highest BCUT2D eigenvalue weighted by Gasteiger charge is 2.10. The van der Waals surface area contributed by atoms with Gasteiger partial charge in [0.1, 0.15) is 0 Å². The number of hydrogen-bond acceptors (Lipinski definition) is 2. The van der Waals surface area contributed by atoms with Gasteiger partial charge < -0.3 is 5.32 Å². The molecule has 1 aromatic carbocycles. The first-order chi connectivity index (χ1) is 11.2. The number of allylic oxidation sites excluding steroid dienone is 3. The van der Waals surface area contributed by atoms with E-state index in [9.17, 15) is 0 Å². The van der Waals surface area contributed by atoms with Crippen molar-refractivity contribution < 1.29 is 0 Å². The molecule has 1 heterocycles. The van der Waals surface area contributed by atoms with E-state index in [1.807, 2.05) is 12.4 Å². The lowest BCUT2D eigenvalue weighted by Gasteiger charge is -2.20. The molecule has 0 aliphatic carbocycles. The van der Waals surface area contributed by atoms with Crippen molar-refractivity contribution in [2.45, 2.75) is 39.7 Å². The van der Waals surface area contributed by atoms with E-state index in [4.69, 9.17) is 0 Å². The van der Waals surface area contributed by atoms with E-state index >= 15 is 0 Å². The van der Waals surface area contributed by atoms with E-state index in [1.54, 1.807) is 0 Å². The predicted octanol–water partition coefficient (Wildman–Crippen LogP) is 5.22. The molecule has 0 aliphatic heterocycles. The second kappa shape index (κ2) is 8.94. The zero-order valence-electron chi connectivity index (χ0n) is 14.3. The molecule has 1 atom stereocenters. The molecule has 1 unspecified atom stereocenters. The second-order valence-electron chi connectivity index (χ2n) is 5.95. The Kier molecular flexibility index (Phi) is 6.61. The Labute approximate surface area is 140 Å². The van der Waals surface area contributed by atoms with Crippen LogP contribution in [-0.4, -0.2) is 4.98 Å². The molecule has 23 heavy (non-hydrogen) atoms. The quantitative estimate of drug-likeness (QED) is 0.710. The molecule has 2 rings (SSSR count). The molecule has 2 heteroatoms. The van der Waals surface area contributed by atoms with Crippen LogP contribution in [0.15, 0.2) is 78.3 Å². The zero-order chi connectivity index (χ0) is 16.5. The first-order valence-corrected chi connectivity index (χ1v) is 8.23. The topological polar surface area (TPSA) is 24.9 Å². The maximum absolute atomic E-state index is 4.13. The van der Waals surface area contributed by atoms with Crippen molar-refractivity contribution in [3.8, 4) is 0 Å². The van der Waals surface area contributed by atoms with Crippen LogP contribution in [0, 0.1) is 0 Å². The van der Waals surface area contributed by atoms with Gasteiger partial charge in [-0.3, -0.25) is 4.98 Å². The van der Waals surface area contributed by atoms with Crippen LogP contribution >= 0.6 is 0 Å². The van der Waals surface area contributed by atoms with E-state index in [0.29, 0.717) is 0 Å². The van der Waals surface area contributed by atoms with Gasteiger partial charge in [-0.15, -0.1) is 0 Å². The Balaban J connectivity index is 2.21. The highest BCUT2D eigenvalue weighted by molar-refractivity contribution is 5.27. The van der Waals surface area contributed by atoms with Crippen LogP contribution in [0.25, 0.3) is 0 Å². The van der Waals surface area contributed by atoms with Crippen LogP contribution in [0.3, 0.4) is 0 Å². The summed E-state index contributed by atoms with van der Waals surface area (Å²) in [6, 6.07) is 14.9. The first kappa shape index (κ1) is 17.0. The van der Waals surface area contributed by atoms with E-state index < -0.39 is 0 Å². The van der Waals surface area contributed by atoms with E-state index in [1.165, 1.54) is 22.4 Å². The SMILES string of the molecule is CC/C=C(\Cc1ccccc1)NC(C=C(C)C)c1ccncc1. The highest BCUT2D eigenvalue weighted by atomic mass is 14.9. The van der Waals surface area contributed by atoms with Crippen LogP contribution in [0.5, 0.6) is 0 Å². The Morgan fingerprint density at radius 3 is 2.39 bits per heavy atom. The van der Waals surface area contributed by atoms with Crippen molar-refractivity contribution in [2.75, 3.05) is 0 Å². The average molecular weight is 306 g/mol. The number of rotatable bonds is 7. The number of aromatic nitrogens is 1. The summed E-state index contributed by atoms with van der Waals surface area (Å²) in [4.78, 5) is 4.13. The molecule has 2 nitrogen and oxygen atoms in total. The van der Waals surface area contributed by atoms with Crippen molar-refractivity contribution in [1.29, 1.82) is 0 Å². The summed E-state index contributed by atoms with van der Waals surface area (Å²) in [7, 11) is 0. The van der Waals surface area contributed by atoms with Crippen LogP contribution in [0.4, 0.5) is 0 Å². The van der Waals surface area contributed by atoms with Crippen molar-refractivity contribution >= 4 is 0 Å². The van der Waals surface area contributed by atoms with Crippen LogP contribution in [-0.2, 0) is 6.42 Å². The highest BCUT2D eigenvalue weighted by Crippen LogP contribution is 2.19. The molecule has 0 spiro atoms. The molecular formula is C21H26N2. The lowest BCUT2D eigenvalue weighted by molar-refractivity contribution is 0.686. The van der Waals surface area contributed by atoms with Gasteiger partial charge in [-0.05, 0) is 43.5 Å². The van der Waals surface area contributed by atoms with Gasteiger partial charge in [-0.1, -0.05) is 55.0 Å². The molecule has 0 radical (unpaired) electrons. The molecule has 0 saturated heterocycles. The average Bonchev–Trinajstić information content (AvgIpc) is 2.56. The van der Waals surface area contributed by atoms with Gasteiger partial charge >= 0.3 is 0 Å². The number of nitrogens with zero attached hydrogens (tertiary/aromatic N) is 1. The van der Waals surface area contributed by atoms with Gasteiger partial charge in [0.15, 0.2) is 0 Å². The molecule has 2 aromatic rings. The van der Waals surface area contributed by atoms with Crippen molar-refractivity contribution in [3.63, 3.8) is 0 Å². The van der Waals surface area contributed by atoms with Crippen molar-refractivity contribution in [1.82, 2.24) is 10.3 Å². The van der Waals surface area contributed by atoms with Gasteiger partial charge in [-0.2, -0.15) is 0 Å². The first-order valence-electron chi connectivity index (χ1n) is 8.23. The van der Waals surface area contributed by atoms with Crippen molar-refractivity contribution in [2.24, 2.45) is 0 Å². The summed E-state index contributed by atoms with van der Waals surface area (Å²) < 4.78 is 0. The standard InChI is InChI=1S/C21H26N2/c1-4-8-20(16-18-9-6-5-7-10-18)23-21(15-17(2)3)19-11-13-22-14-12-19/h5-15,21,23H,4,16H2,1-3H3/b20-8+. The molecule has 0 amide bonds. The second-order valence-corrected chi connectivity index (χ2v) is 5.95. The molecule has 120 valence electrons. The third-order valence-electron chi connectivity index (χ3n) is 3.59. The normalized spacial score (nSPS) is 12.6. The maximum Gasteiger partial charge on any atom is 0.0698 e. The summed E-state index contributed by atoms with van der Waals surface area (Å²) in [6.45, 7) is 6.45. The Morgan fingerprint density at radius 1 is 1.09 bits per heavy atom. The molecule has 0 aliphatic rings. The molecule has 1 aromatic heterocycles. The van der Waals surface area contributed by atoms with Gasteiger partial charge in [0.25, 0.3) is 0 Å². The Hall–Kier alpha value is -2.35. The fourth-order valence-electron chi connectivity index (χ4n) is 2.57. The van der Waals surface area contributed by atoms with Gasteiger partial charge in [0.2, 0.25) is 0 Å². The lowest BCUT2D eigenvalue weighted by atomic mass is 10.0. The minimum absolute atomic E-state index is 0.171. The number of benzene rings is 1. The van der Waals surface area contributed by atoms with Gasteiger partial charge in [-0.25, -0.2) is 0 Å². The Bertz CT molecular complexity index is 638. The zero-order valence-corrected chi connectivity index (χ0v) is 14.3. The molecule has 0 saturated carbocycles. The number of hydrogen-bond donors (Lipinski definition) is 1. The monoisotopic (exact) mass is 306 g/mol. The summed E-state index contributed by atoms with van der Waals surface area (Å²) in [6.07, 6.45) is 10.2. The minimum atomic E-state index is 0.171. The fourth-order valence-corrected chi connectivity index (χ4v) is 2.57. The van der Waals surface area contributed by atoms with Crippen LogP contribution in [0.2, 0.25) is 0 Å². The van der Waals surface area contributed by atoms with E-state index in [-0.39, 0.29) is 6.04 Å². The summed E-state index contributed by atoms with van der Waals surface area (Å²) in [5, 5.41) is 3.71.